The van der Waals surface area contributed by atoms with Crippen LogP contribution in [0.5, 0.6) is 0 Å². The second-order valence-corrected chi connectivity index (χ2v) is 13.8. The molecular weight excluding hydrogens is 513 g/mol. The average molecular weight is 547 g/mol. The van der Waals surface area contributed by atoms with E-state index in [0.717, 1.165) is 82.6 Å². The number of sulfonamides is 1. The second kappa shape index (κ2) is 9.55. The first-order valence-electron chi connectivity index (χ1n) is 12.4. The summed E-state index contributed by atoms with van der Waals surface area (Å²) < 4.78 is 64.6. The number of thiophene rings is 1. The van der Waals surface area contributed by atoms with Gasteiger partial charge in [0, 0.05) is 42.5 Å². The Balaban J connectivity index is 1.21. The van der Waals surface area contributed by atoms with Crippen molar-refractivity contribution in [2.75, 3.05) is 49.6 Å². The van der Waals surface area contributed by atoms with Gasteiger partial charge in [0.15, 0.2) is 0 Å². The number of fused-ring (bicyclic) bond motifs is 1. The molecule has 2 aromatic rings. The number of halogens is 3. The van der Waals surface area contributed by atoms with Gasteiger partial charge >= 0.3 is 6.18 Å². The molecule has 1 aliphatic carbocycles. The Labute approximate surface area is 213 Å². The Morgan fingerprint density at radius 2 is 1.89 bits per heavy atom. The quantitative estimate of drug-likeness (QED) is 0.572. The van der Waals surface area contributed by atoms with Gasteiger partial charge in [-0.2, -0.15) is 18.2 Å². The van der Waals surface area contributed by atoms with Crippen LogP contribution in [0, 0.1) is 11.3 Å². The molecule has 0 radical (unpaired) electrons. The molecule has 1 unspecified atom stereocenters. The predicted octanol–water partition coefficient (Wildman–Crippen LogP) is 3.39. The Kier molecular flexibility index (Phi) is 6.88. The SMILES string of the molecule is CS(=O)(=O)NC1CCC(CN2CCC3(CCN(c4nc(N)nc5sc(CC(F)(F)F)cc45)C3)C2)CC1. The minimum absolute atomic E-state index is 0.0513. The van der Waals surface area contributed by atoms with Gasteiger partial charge in [0.2, 0.25) is 16.0 Å². The van der Waals surface area contributed by atoms with Crippen molar-refractivity contribution < 1.29 is 21.6 Å². The average Bonchev–Trinajstić information content (AvgIpc) is 3.45. The Hall–Kier alpha value is -1.70. The van der Waals surface area contributed by atoms with E-state index in [1.165, 1.54) is 6.26 Å². The summed E-state index contributed by atoms with van der Waals surface area (Å²) in [4.78, 5) is 14.1. The van der Waals surface area contributed by atoms with Crippen LogP contribution < -0.4 is 15.4 Å². The first-order valence-corrected chi connectivity index (χ1v) is 15.1. The monoisotopic (exact) mass is 546 g/mol. The number of anilines is 2. The number of likely N-dealkylation sites (tertiary alicyclic amines) is 1. The first kappa shape index (κ1) is 25.9. The number of nitrogens with one attached hydrogen (secondary N) is 1. The molecule has 0 aromatic carbocycles. The predicted molar refractivity (Wildman–Crippen MR) is 136 cm³/mol. The Bertz CT molecular complexity index is 1210. The molecule has 1 saturated carbocycles. The summed E-state index contributed by atoms with van der Waals surface area (Å²) in [5.74, 6) is 1.32. The number of aromatic nitrogens is 2. The van der Waals surface area contributed by atoms with Crippen LogP contribution in [0.2, 0.25) is 0 Å². The van der Waals surface area contributed by atoms with Crippen molar-refractivity contribution in [1.82, 2.24) is 19.6 Å². The lowest BCUT2D eigenvalue weighted by Crippen LogP contribution is -2.39. The van der Waals surface area contributed by atoms with E-state index in [2.05, 4.69) is 24.5 Å². The fraction of sp³-hybridized carbons (Fsp3) is 0.739. The number of nitrogen functional groups attached to an aromatic ring is 1. The zero-order chi connectivity index (χ0) is 25.7. The van der Waals surface area contributed by atoms with Crippen LogP contribution in [0.4, 0.5) is 24.9 Å². The molecule has 2 aliphatic heterocycles. The lowest BCUT2D eigenvalue weighted by atomic mass is 9.85. The zero-order valence-corrected chi connectivity index (χ0v) is 22.0. The van der Waals surface area contributed by atoms with Gasteiger partial charge in [-0.25, -0.2) is 18.1 Å². The standard InChI is InChI=1S/C23H33F3N6O2S2/c1-36(33,34)30-16-4-2-15(3-5-16)12-31-8-6-22(13-31)7-9-32(14-22)19-18-10-17(11-23(24,25)26)35-20(18)29-21(27)28-19/h10,15-16,30H,2-9,11-14H2,1H3,(H2,27,28,29). The highest BCUT2D eigenvalue weighted by molar-refractivity contribution is 7.88. The minimum atomic E-state index is -4.27. The third-order valence-corrected chi connectivity index (χ3v) is 9.61. The van der Waals surface area contributed by atoms with Crippen LogP contribution in [0.25, 0.3) is 10.2 Å². The van der Waals surface area contributed by atoms with Gasteiger partial charge in [0.1, 0.15) is 10.6 Å². The van der Waals surface area contributed by atoms with E-state index in [-0.39, 0.29) is 22.3 Å². The van der Waals surface area contributed by atoms with E-state index in [0.29, 0.717) is 22.0 Å². The van der Waals surface area contributed by atoms with Gasteiger partial charge in [-0.15, -0.1) is 11.3 Å². The third-order valence-electron chi connectivity index (χ3n) is 7.81. The topological polar surface area (TPSA) is 104 Å². The molecule has 2 saturated heterocycles. The van der Waals surface area contributed by atoms with Crippen LogP contribution >= 0.6 is 11.3 Å². The maximum atomic E-state index is 12.9. The number of nitrogens with two attached hydrogens (primary N) is 1. The molecule has 3 N–H and O–H groups in total. The van der Waals surface area contributed by atoms with Crippen molar-refractivity contribution in [1.29, 1.82) is 0 Å². The molecular formula is C23H33F3N6O2S2. The number of rotatable bonds is 6. The van der Waals surface area contributed by atoms with E-state index in [9.17, 15) is 21.6 Å². The van der Waals surface area contributed by atoms with Gasteiger partial charge in [-0.05, 0) is 57.1 Å². The van der Waals surface area contributed by atoms with Crippen molar-refractivity contribution in [3.8, 4) is 0 Å². The zero-order valence-electron chi connectivity index (χ0n) is 20.4. The summed E-state index contributed by atoms with van der Waals surface area (Å²) in [5.41, 5.74) is 6.08. The highest BCUT2D eigenvalue weighted by Crippen LogP contribution is 2.44. The van der Waals surface area contributed by atoms with E-state index >= 15 is 0 Å². The lowest BCUT2D eigenvalue weighted by Gasteiger charge is -2.32. The Morgan fingerprint density at radius 1 is 1.17 bits per heavy atom. The van der Waals surface area contributed by atoms with Crippen molar-refractivity contribution in [2.45, 2.75) is 57.2 Å². The van der Waals surface area contributed by atoms with Crippen molar-refractivity contribution in [2.24, 2.45) is 11.3 Å². The highest BCUT2D eigenvalue weighted by atomic mass is 32.2. The van der Waals surface area contributed by atoms with E-state index < -0.39 is 22.6 Å². The molecule has 1 atom stereocenters. The highest BCUT2D eigenvalue weighted by Gasteiger charge is 2.44. The molecule has 3 aliphatic rings. The van der Waals surface area contributed by atoms with Crippen LogP contribution in [0.1, 0.15) is 43.4 Å². The van der Waals surface area contributed by atoms with Crippen LogP contribution in [0.3, 0.4) is 0 Å². The van der Waals surface area contributed by atoms with Crippen molar-refractivity contribution in [3.05, 3.63) is 10.9 Å². The third kappa shape index (κ3) is 6.05. The van der Waals surface area contributed by atoms with Gasteiger partial charge in [0.25, 0.3) is 0 Å². The summed E-state index contributed by atoms with van der Waals surface area (Å²) >= 11 is 1.03. The summed E-state index contributed by atoms with van der Waals surface area (Å²) in [7, 11) is -3.16. The molecule has 200 valence electrons. The smallest absolute Gasteiger partial charge is 0.368 e. The molecule has 5 rings (SSSR count). The molecule has 2 aromatic heterocycles. The van der Waals surface area contributed by atoms with Crippen LogP contribution in [0.15, 0.2) is 6.07 Å². The Morgan fingerprint density at radius 3 is 2.58 bits per heavy atom. The molecule has 3 fully saturated rings. The fourth-order valence-corrected chi connectivity index (χ4v) is 8.16. The van der Waals surface area contributed by atoms with Crippen molar-refractivity contribution >= 4 is 43.3 Å². The number of hydrogen-bond acceptors (Lipinski definition) is 8. The molecule has 36 heavy (non-hydrogen) atoms. The number of nitrogens with zero attached hydrogens (tertiary/aromatic N) is 4. The van der Waals surface area contributed by atoms with E-state index in [1.807, 2.05) is 0 Å². The van der Waals surface area contributed by atoms with Crippen LogP contribution in [-0.4, -0.2) is 74.5 Å². The van der Waals surface area contributed by atoms with E-state index in [4.69, 9.17) is 5.73 Å². The van der Waals surface area contributed by atoms with Gasteiger partial charge < -0.3 is 15.5 Å². The van der Waals surface area contributed by atoms with Gasteiger partial charge in [-0.1, -0.05) is 0 Å². The molecule has 8 nitrogen and oxygen atoms in total. The molecule has 1 spiro atoms. The molecule has 0 bridgehead atoms. The lowest BCUT2D eigenvalue weighted by molar-refractivity contribution is -0.126. The van der Waals surface area contributed by atoms with E-state index in [1.54, 1.807) is 6.07 Å². The maximum Gasteiger partial charge on any atom is 0.393 e. The molecule has 4 heterocycles. The minimum Gasteiger partial charge on any atom is -0.368 e. The molecule has 0 amide bonds. The van der Waals surface area contributed by atoms with Gasteiger partial charge in [0.05, 0.1) is 18.1 Å². The second-order valence-electron chi connectivity index (χ2n) is 10.9. The summed E-state index contributed by atoms with van der Waals surface area (Å²) in [6.45, 7) is 4.67. The first-order chi connectivity index (χ1) is 16.9. The molecule has 13 heteroatoms. The normalized spacial score (nSPS) is 28.1. The largest absolute Gasteiger partial charge is 0.393 e. The van der Waals surface area contributed by atoms with Crippen molar-refractivity contribution in [3.63, 3.8) is 0 Å². The maximum absolute atomic E-state index is 12.9. The summed E-state index contributed by atoms with van der Waals surface area (Å²) in [6.07, 6.45) is 1.89. The summed E-state index contributed by atoms with van der Waals surface area (Å²) in [5, 5.41) is 0.653. The summed E-state index contributed by atoms with van der Waals surface area (Å²) in [6, 6.07) is 1.62. The van der Waals surface area contributed by atoms with Gasteiger partial charge in [-0.3, -0.25) is 0 Å². The van der Waals surface area contributed by atoms with Crippen LogP contribution in [-0.2, 0) is 16.4 Å². The number of alkyl halides is 3. The number of hydrogen-bond donors (Lipinski definition) is 2. The fourth-order valence-electron chi connectivity index (χ4n) is 6.26.